The number of para-hydroxylation sites is 1. The molecule has 4 aliphatic rings. The average Bonchev–Trinajstić information content (AvgIpc) is 3.77. The third kappa shape index (κ3) is 6.27. The van der Waals surface area contributed by atoms with Gasteiger partial charge in [0, 0.05) is 18.8 Å². The Kier molecular flexibility index (Phi) is 8.91. The Morgan fingerprint density at radius 2 is 2.02 bits per heavy atom. The monoisotopic (exact) mass is 646 g/mol. The van der Waals surface area contributed by atoms with Crippen LogP contribution in [-0.4, -0.2) is 84.8 Å². The van der Waals surface area contributed by atoms with Crippen LogP contribution in [0.4, 0.5) is 10.5 Å². The number of aromatic nitrogens is 3. The highest BCUT2D eigenvalue weighted by Gasteiger charge is 2.59. The first-order valence-corrected chi connectivity index (χ1v) is 16.8. The zero-order chi connectivity index (χ0) is 33.5. The van der Waals surface area contributed by atoms with Crippen LogP contribution < -0.4 is 10.6 Å². The number of ether oxygens (including phenoxy) is 1. The Balaban J connectivity index is 1.17. The van der Waals surface area contributed by atoms with Crippen LogP contribution in [0.1, 0.15) is 77.5 Å². The van der Waals surface area contributed by atoms with Gasteiger partial charge in [0.25, 0.3) is 0 Å². The third-order valence-electron chi connectivity index (χ3n) is 10.7. The van der Waals surface area contributed by atoms with E-state index in [9.17, 15) is 19.5 Å². The number of carbonyl (C=O) groups excluding carboxylic acids is 3. The highest BCUT2D eigenvalue weighted by Crippen LogP contribution is 2.51. The first kappa shape index (κ1) is 32.7. The van der Waals surface area contributed by atoms with Crippen molar-refractivity contribution in [3.8, 4) is 0 Å². The molecule has 0 bridgehead atoms. The number of nitrogens with zero attached hydrogens (tertiary/aromatic N) is 6. The van der Waals surface area contributed by atoms with E-state index in [2.05, 4.69) is 32.8 Å². The predicted octanol–water partition coefficient (Wildman–Crippen LogP) is 3.51. The molecule has 47 heavy (non-hydrogen) atoms. The van der Waals surface area contributed by atoms with Gasteiger partial charge in [0.15, 0.2) is 0 Å². The normalized spacial score (nSPS) is 30.3. The summed E-state index contributed by atoms with van der Waals surface area (Å²) in [6.45, 7) is 17.2. The highest BCUT2D eigenvalue weighted by atomic mass is 16.6. The van der Waals surface area contributed by atoms with E-state index in [1.165, 1.54) is 4.90 Å². The average molecular weight is 647 g/mol. The van der Waals surface area contributed by atoms with Gasteiger partial charge in [0.2, 0.25) is 11.8 Å². The van der Waals surface area contributed by atoms with E-state index < -0.39 is 23.2 Å². The number of fused-ring (bicyclic) bond motifs is 2. The molecule has 3 amide bonds. The minimum absolute atomic E-state index is 0.0921. The predicted molar refractivity (Wildman–Crippen MR) is 172 cm³/mol. The molecule has 13 heteroatoms. The largest absolute Gasteiger partial charge is 0.444 e. The molecule has 3 fully saturated rings. The molecule has 252 valence electrons. The molecule has 1 saturated carbocycles. The van der Waals surface area contributed by atoms with Gasteiger partial charge < -0.3 is 20.5 Å². The fourth-order valence-electron chi connectivity index (χ4n) is 8.30. The van der Waals surface area contributed by atoms with Crippen molar-refractivity contribution in [2.24, 2.45) is 17.8 Å². The van der Waals surface area contributed by atoms with E-state index in [4.69, 9.17) is 11.3 Å². The fraction of sp³-hybridized carbons (Fsp3) is 0.647. The summed E-state index contributed by atoms with van der Waals surface area (Å²) in [5, 5.41) is 27.1. The van der Waals surface area contributed by atoms with Crippen LogP contribution in [-0.2, 0) is 32.8 Å². The maximum absolute atomic E-state index is 14.1. The number of benzene rings is 1. The van der Waals surface area contributed by atoms with Crippen LogP contribution in [0.3, 0.4) is 0 Å². The first-order valence-electron chi connectivity index (χ1n) is 16.8. The van der Waals surface area contributed by atoms with Gasteiger partial charge in [-0.1, -0.05) is 30.3 Å². The van der Waals surface area contributed by atoms with Gasteiger partial charge in [-0.05, 0) is 88.7 Å². The van der Waals surface area contributed by atoms with E-state index in [1.807, 2.05) is 24.3 Å². The van der Waals surface area contributed by atoms with Gasteiger partial charge in [0.1, 0.15) is 28.8 Å². The van der Waals surface area contributed by atoms with E-state index in [0.717, 1.165) is 30.5 Å². The van der Waals surface area contributed by atoms with Crippen LogP contribution in [0, 0.1) is 24.3 Å². The van der Waals surface area contributed by atoms with Crippen LogP contribution in [0.25, 0.3) is 4.95 Å². The summed E-state index contributed by atoms with van der Waals surface area (Å²) in [4.78, 5) is 45.3. The van der Waals surface area contributed by atoms with Crippen molar-refractivity contribution in [1.82, 2.24) is 30.2 Å². The number of hydrogen-bond donors (Lipinski definition) is 3. The Bertz CT molecular complexity index is 1550. The lowest BCUT2D eigenvalue weighted by Crippen LogP contribution is -2.59. The van der Waals surface area contributed by atoms with Crippen LogP contribution in [0.5, 0.6) is 0 Å². The lowest BCUT2D eigenvalue weighted by Gasteiger charge is -2.49. The Morgan fingerprint density at radius 3 is 2.79 bits per heavy atom. The number of hydrogen-bond acceptors (Lipinski definition) is 8. The number of aliphatic hydroxyl groups is 1. The zero-order valence-corrected chi connectivity index (χ0v) is 27.7. The Hall–Kier alpha value is -4.18. The van der Waals surface area contributed by atoms with Gasteiger partial charge >= 0.3 is 6.09 Å². The van der Waals surface area contributed by atoms with Crippen molar-refractivity contribution < 1.29 is 24.2 Å². The van der Waals surface area contributed by atoms with E-state index in [1.54, 1.807) is 36.7 Å². The molecule has 2 aromatic rings. The van der Waals surface area contributed by atoms with E-state index in [-0.39, 0.29) is 42.3 Å². The number of nitrogens with one attached hydrogen (secondary N) is 2. The van der Waals surface area contributed by atoms with Gasteiger partial charge in [-0.2, -0.15) is 11.5 Å². The molecule has 6 rings (SSSR count). The lowest BCUT2D eigenvalue weighted by molar-refractivity contribution is -0.127. The second-order valence-corrected chi connectivity index (χ2v) is 14.6. The first-order chi connectivity index (χ1) is 22.4. The number of amides is 3. The Labute approximate surface area is 275 Å². The molecule has 4 heterocycles. The summed E-state index contributed by atoms with van der Waals surface area (Å²) < 4.78 is 7.17. The number of rotatable bonds is 7. The summed E-state index contributed by atoms with van der Waals surface area (Å²) in [7, 11) is 0. The van der Waals surface area contributed by atoms with Crippen molar-refractivity contribution in [1.29, 1.82) is 0 Å². The molecular formula is C34H46N8O5. The van der Waals surface area contributed by atoms with Crippen molar-refractivity contribution in [2.75, 3.05) is 18.4 Å². The number of aryl methyl sites for hydroxylation is 1. The van der Waals surface area contributed by atoms with Crippen molar-refractivity contribution >= 4 is 23.6 Å². The molecule has 1 aromatic heterocycles. The summed E-state index contributed by atoms with van der Waals surface area (Å²) >= 11 is 0. The van der Waals surface area contributed by atoms with Gasteiger partial charge in [-0.3, -0.25) is 19.2 Å². The molecular weight excluding hydrogens is 600 g/mol. The van der Waals surface area contributed by atoms with Gasteiger partial charge in [-0.25, -0.2) is 4.79 Å². The highest BCUT2D eigenvalue weighted by molar-refractivity contribution is 6.07. The number of aliphatic hydroxyl groups excluding tert-OH is 1. The fourth-order valence-corrected chi connectivity index (χ4v) is 8.30. The number of likely N-dealkylation sites (tertiary alicyclic amines) is 1. The maximum Gasteiger partial charge on any atom is 0.410 e. The molecule has 3 aliphatic heterocycles. The van der Waals surface area contributed by atoms with E-state index in [0.29, 0.717) is 50.5 Å². The summed E-state index contributed by atoms with van der Waals surface area (Å²) in [6.07, 6.45) is 4.83. The molecule has 7 atom stereocenters. The number of carbonyl (C=O) groups is 3. The van der Waals surface area contributed by atoms with Crippen molar-refractivity contribution in [3.05, 3.63) is 53.2 Å². The summed E-state index contributed by atoms with van der Waals surface area (Å²) in [6, 6.07) is 6.73. The van der Waals surface area contributed by atoms with Crippen LogP contribution in [0.2, 0.25) is 0 Å². The van der Waals surface area contributed by atoms with Crippen molar-refractivity contribution in [2.45, 2.75) is 109 Å². The van der Waals surface area contributed by atoms with Gasteiger partial charge in [0.05, 0.1) is 25.4 Å². The van der Waals surface area contributed by atoms with Crippen molar-refractivity contribution in [3.63, 3.8) is 0 Å². The molecule has 1 unspecified atom stereocenters. The summed E-state index contributed by atoms with van der Waals surface area (Å²) in [5.41, 5.74) is 0.547. The lowest BCUT2D eigenvalue weighted by atomic mass is 9.61. The SMILES string of the molecule is [C-]#[N+]N1C[C@@H]2CC[C@H](O)[C@H](C)[C@H]2C[C@H]1[C@@]1(CCn2cc(CNC(=O)C3CCCN3C(=O)OC(C)(C)C)nn2)C(=O)Nc2ccccc21. The smallest absolute Gasteiger partial charge is 0.410 e. The molecule has 2 saturated heterocycles. The van der Waals surface area contributed by atoms with E-state index >= 15 is 0 Å². The summed E-state index contributed by atoms with van der Waals surface area (Å²) in [5.74, 6) is 0.224. The topological polar surface area (TPSA) is 146 Å². The zero-order valence-electron chi connectivity index (χ0n) is 27.7. The standard InChI is InChI=1S/C34H46N8O5/c1-21-24-17-29(42(35-5)19-22(24)12-13-28(21)43)34(25-9-6-7-10-26(25)37-31(34)45)14-16-40-20-23(38-39-40)18-36-30(44)27-11-8-15-41(27)32(46)47-33(2,3)4/h6-7,9-10,20-22,24,27-29,43H,8,11-19H2,1-4H3,(H,36,44)(H,37,45)/t21-,22+,24-,27?,28+,29+,34+/m1/s1. The number of anilines is 1. The minimum Gasteiger partial charge on any atom is -0.444 e. The number of piperidine rings is 1. The van der Waals surface area contributed by atoms with Crippen LogP contribution >= 0.6 is 0 Å². The van der Waals surface area contributed by atoms with Crippen LogP contribution in [0.15, 0.2) is 30.5 Å². The molecule has 3 N–H and O–H groups in total. The minimum atomic E-state index is -0.998. The second-order valence-electron chi connectivity index (χ2n) is 14.6. The third-order valence-corrected chi connectivity index (χ3v) is 10.7. The molecule has 0 radical (unpaired) electrons. The second kappa shape index (κ2) is 12.8. The van der Waals surface area contributed by atoms with Gasteiger partial charge in [-0.15, -0.1) is 10.1 Å². The molecule has 1 aliphatic carbocycles. The Morgan fingerprint density at radius 1 is 1.23 bits per heavy atom. The molecule has 1 aromatic carbocycles. The molecule has 13 nitrogen and oxygen atoms in total. The molecule has 0 spiro atoms. The quantitative estimate of drug-likeness (QED) is 0.388. The maximum atomic E-state index is 14.1.